The topological polar surface area (TPSA) is 67.4 Å². The molecule has 0 fully saturated rings. The van der Waals surface area contributed by atoms with E-state index in [0.717, 1.165) is 0 Å². The summed E-state index contributed by atoms with van der Waals surface area (Å²) >= 11 is 10.9. The van der Waals surface area contributed by atoms with E-state index in [9.17, 15) is 9.59 Å². The smallest absolute Gasteiger partial charge is 0.328 e. The number of rotatable bonds is 4. The minimum atomic E-state index is -0.644. The molecule has 0 spiro atoms. The minimum absolute atomic E-state index is 0.0375. The molecule has 0 radical (unpaired) electrons. The van der Waals surface area contributed by atoms with Gasteiger partial charge in [0, 0.05) is 0 Å². The Morgan fingerprint density at radius 2 is 2.05 bits per heavy atom. The number of ether oxygens (including phenoxy) is 1. The van der Waals surface area contributed by atoms with Gasteiger partial charge in [-0.15, -0.1) is 0 Å². The lowest BCUT2D eigenvalue weighted by Gasteiger charge is -2.15. The van der Waals surface area contributed by atoms with Crippen molar-refractivity contribution in [1.29, 1.82) is 0 Å². The predicted molar refractivity (Wildman–Crippen MR) is 80.7 cm³/mol. The molecule has 7 heteroatoms. The number of nitrogens with one attached hydrogen (secondary N) is 2. The molecule has 108 valence electrons. The highest BCUT2D eigenvalue weighted by atomic mass is 35.5. The van der Waals surface area contributed by atoms with Gasteiger partial charge in [0.25, 0.3) is 5.91 Å². The zero-order chi connectivity index (χ0) is 15.1. The summed E-state index contributed by atoms with van der Waals surface area (Å²) in [6.07, 6.45) is 0. The fourth-order valence-corrected chi connectivity index (χ4v) is 1.87. The number of esters is 1. The number of amides is 1. The number of carbonyl (C=O) groups is 2. The maximum atomic E-state index is 11.9. The number of thiocarbonyl (C=S) groups is 1. The highest BCUT2D eigenvalue weighted by Gasteiger charge is 2.17. The van der Waals surface area contributed by atoms with E-state index in [4.69, 9.17) is 28.6 Å². The Kier molecular flexibility index (Phi) is 6.41. The van der Waals surface area contributed by atoms with Gasteiger partial charge in [0.1, 0.15) is 6.04 Å². The summed E-state index contributed by atoms with van der Waals surface area (Å²) in [4.78, 5) is 23.3. The van der Waals surface area contributed by atoms with Gasteiger partial charge in [0.15, 0.2) is 5.11 Å². The van der Waals surface area contributed by atoms with E-state index in [2.05, 4.69) is 10.6 Å². The average Bonchev–Trinajstić information content (AvgIpc) is 2.39. The fourth-order valence-electron chi connectivity index (χ4n) is 1.37. The first-order valence-electron chi connectivity index (χ1n) is 5.98. The largest absolute Gasteiger partial charge is 0.464 e. The summed E-state index contributed by atoms with van der Waals surface area (Å²) in [7, 11) is 0. The molecule has 1 unspecified atom stereocenters. The van der Waals surface area contributed by atoms with Gasteiger partial charge in [0.2, 0.25) is 0 Å². The quantitative estimate of drug-likeness (QED) is 0.656. The molecule has 0 bridgehead atoms. The zero-order valence-corrected chi connectivity index (χ0v) is 12.7. The third-order valence-corrected chi connectivity index (χ3v) is 2.88. The molecule has 0 aliphatic carbocycles. The molecule has 0 saturated heterocycles. The fraction of sp³-hybridized carbons (Fsp3) is 0.308. The monoisotopic (exact) mass is 314 g/mol. The van der Waals surface area contributed by atoms with Crippen LogP contribution < -0.4 is 10.6 Å². The van der Waals surface area contributed by atoms with Crippen LogP contribution in [0.2, 0.25) is 5.02 Å². The molecule has 1 atom stereocenters. The average molecular weight is 315 g/mol. The molecule has 0 aliphatic heterocycles. The van der Waals surface area contributed by atoms with Crippen molar-refractivity contribution in [2.45, 2.75) is 19.9 Å². The van der Waals surface area contributed by atoms with E-state index in [1.165, 1.54) is 0 Å². The van der Waals surface area contributed by atoms with Crippen molar-refractivity contribution in [3.05, 3.63) is 34.9 Å². The summed E-state index contributed by atoms with van der Waals surface area (Å²) in [6.45, 7) is 3.58. The van der Waals surface area contributed by atoms with Crippen molar-refractivity contribution < 1.29 is 14.3 Å². The first kappa shape index (κ1) is 16.4. The molecular formula is C13H15ClN2O3S. The summed E-state index contributed by atoms with van der Waals surface area (Å²) in [5.41, 5.74) is 0.308. The Morgan fingerprint density at radius 1 is 1.40 bits per heavy atom. The van der Waals surface area contributed by atoms with Crippen LogP contribution in [-0.2, 0) is 9.53 Å². The first-order valence-corrected chi connectivity index (χ1v) is 6.77. The second-order valence-corrected chi connectivity index (χ2v) is 4.70. The van der Waals surface area contributed by atoms with Crippen molar-refractivity contribution >= 4 is 40.8 Å². The van der Waals surface area contributed by atoms with Gasteiger partial charge in [0.05, 0.1) is 17.2 Å². The molecule has 1 amide bonds. The Bertz CT molecular complexity index is 522. The lowest BCUT2D eigenvalue weighted by Crippen LogP contribution is -2.46. The van der Waals surface area contributed by atoms with Crippen LogP contribution in [0.4, 0.5) is 0 Å². The minimum Gasteiger partial charge on any atom is -0.464 e. The second-order valence-electron chi connectivity index (χ2n) is 3.88. The van der Waals surface area contributed by atoms with Gasteiger partial charge in [-0.05, 0) is 38.2 Å². The molecule has 5 nitrogen and oxygen atoms in total. The van der Waals surface area contributed by atoms with Crippen LogP contribution in [0.3, 0.4) is 0 Å². The molecule has 1 aromatic rings. The Labute approximate surface area is 127 Å². The van der Waals surface area contributed by atoms with Crippen molar-refractivity contribution in [2.75, 3.05) is 6.61 Å². The van der Waals surface area contributed by atoms with Gasteiger partial charge in [-0.3, -0.25) is 10.1 Å². The van der Waals surface area contributed by atoms with Gasteiger partial charge in [-0.2, -0.15) is 0 Å². The second kappa shape index (κ2) is 7.81. The number of carbonyl (C=O) groups excluding carboxylic acids is 2. The molecule has 0 aromatic heterocycles. The number of benzene rings is 1. The highest BCUT2D eigenvalue weighted by molar-refractivity contribution is 7.80. The summed E-state index contributed by atoms with van der Waals surface area (Å²) in [5, 5.41) is 5.48. The van der Waals surface area contributed by atoms with Gasteiger partial charge < -0.3 is 10.1 Å². The van der Waals surface area contributed by atoms with E-state index in [-0.39, 0.29) is 11.7 Å². The zero-order valence-electron chi connectivity index (χ0n) is 11.1. The van der Waals surface area contributed by atoms with E-state index >= 15 is 0 Å². The maximum Gasteiger partial charge on any atom is 0.328 e. The van der Waals surface area contributed by atoms with E-state index in [0.29, 0.717) is 10.6 Å². The van der Waals surface area contributed by atoms with E-state index in [1.807, 2.05) is 0 Å². The molecular weight excluding hydrogens is 300 g/mol. The lowest BCUT2D eigenvalue weighted by atomic mass is 10.2. The van der Waals surface area contributed by atoms with E-state index in [1.54, 1.807) is 38.1 Å². The highest BCUT2D eigenvalue weighted by Crippen LogP contribution is 2.14. The van der Waals surface area contributed by atoms with Crippen molar-refractivity contribution in [3.8, 4) is 0 Å². The van der Waals surface area contributed by atoms with Crippen LogP contribution in [0, 0.1) is 0 Å². The van der Waals surface area contributed by atoms with Crippen LogP contribution in [0.25, 0.3) is 0 Å². The Morgan fingerprint density at radius 3 is 2.65 bits per heavy atom. The van der Waals surface area contributed by atoms with Crippen LogP contribution in [0.5, 0.6) is 0 Å². The van der Waals surface area contributed by atoms with Crippen molar-refractivity contribution in [2.24, 2.45) is 0 Å². The molecule has 1 rings (SSSR count). The molecule has 20 heavy (non-hydrogen) atoms. The summed E-state index contributed by atoms with van der Waals surface area (Å²) in [5.74, 6) is -0.883. The Hall–Kier alpha value is -1.66. The van der Waals surface area contributed by atoms with Gasteiger partial charge in [-0.25, -0.2) is 4.79 Å². The van der Waals surface area contributed by atoms with Gasteiger partial charge in [-0.1, -0.05) is 23.7 Å². The number of hydrogen-bond donors (Lipinski definition) is 2. The standard InChI is InChI=1S/C13H15ClN2O3S/c1-3-19-12(18)8(2)15-13(20)16-11(17)9-6-4-5-7-10(9)14/h4-8H,3H2,1-2H3,(H2,15,16,17,20). The summed E-state index contributed by atoms with van der Waals surface area (Å²) in [6, 6.07) is 5.95. The maximum absolute atomic E-state index is 11.9. The van der Waals surface area contributed by atoms with Crippen molar-refractivity contribution in [3.63, 3.8) is 0 Å². The van der Waals surface area contributed by atoms with Crippen molar-refractivity contribution in [1.82, 2.24) is 10.6 Å². The SMILES string of the molecule is CCOC(=O)C(C)NC(=S)NC(=O)c1ccccc1Cl. The number of halogens is 1. The van der Waals surface area contributed by atoms with E-state index < -0.39 is 17.9 Å². The number of hydrogen-bond acceptors (Lipinski definition) is 4. The van der Waals surface area contributed by atoms with Crippen LogP contribution in [0.1, 0.15) is 24.2 Å². The predicted octanol–water partition coefficient (Wildman–Crippen LogP) is 1.90. The third-order valence-electron chi connectivity index (χ3n) is 2.33. The third kappa shape index (κ3) is 4.79. The molecule has 1 aromatic carbocycles. The van der Waals surface area contributed by atoms with Crippen LogP contribution in [0.15, 0.2) is 24.3 Å². The molecule has 2 N–H and O–H groups in total. The summed E-state index contributed by atoms with van der Waals surface area (Å²) < 4.78 is 4.82. The van der Waals surface area contributed by atoms with Gasteiger partial charge >= 0.3 is 5.97 Å². The Balaban J connectivity index is 2.57. The van der Waals surface area contributed by atoms with Crippen LogP contribution >= 0.6 is 23.8 Å². The first-order chi connectivity index (χ1) is 9.45. The molecule has 0 heterocycles. The normalized spacial score (nSPS) is 11.3. The van der Waals surface area contributed by atoms with Crippen LogP contribution in [-0.4, -0.2) is 29.6 Å². The lowest BCUT2D eigenvalue weighted by molar-refractivity contribution is -0.144. The molecule has 0 saturated carbocycles. The molecule has 0 aliphatic rings.